The first-order valence-electron chi connectivity index (χ1n) is 6.45. The van der Waals surface area contributed by atoms with E-state index in [0.717, 1.165) is 24.6 Å². The number of hydrogen-bond donors (Lipinski definition) is 1. The molecule has 1 aliphatic rings. The molecule has 0 spiro atoms. The summed E-state index contributed by atoms with van der Waals surface area (Å²) < 4.78 is 5.29. The molecule has 0 saturated heterocycles. The molecule has 0 aliphatic heterocycles. The molecule has 1 atom stereocenters. The SMILES string of the molecule is CNCC(C)(Cc1cccc(OC)c1)C1CC1. The van der Waals surface area contributed by atoms with Crippen molar-refractivity contribution in [2.24, 2.45) is 11.3 Å². The minimum absolute atomic E-state index is 0.390. The van der Waals surface area contributed by atoms with Gasteiger partial charge in [-0.15, -0.1) is 0 Å². The Morgan fingerprint density at radius 3 is 2.76 bits per heavy atom. The van der Waals surface area contributed by atoms with Crippen molar-refractivity contribution >= 4 is 0 Å². The summed E-state index contributed by atoms with van der Waals surface area (Å²) in [5.74, 6) is 1.85. The zero-order valence-electron chi connectivity index (χ0n) is 11.1. The van der Waals surface area contributed by atoms with Crippen molar-refractivity contribution < 1.29 is 4.74 Å². The number of nitrogens with one attached hydrogen (secondary N) is 1. The minimum Gasteiger partial charge on any atom is -0.497 e. The van der Waals surface area contributed by atoms with Crippen LogP contribution >= 0.6 is 0 Å². The van der Waals surface area contributed by atoms with E-state index in [-0.39, 0.29) is 0 Å². The molecular weight excluding hydrogens is 210 g/mol. The van der Waals surface area contributed by atoms with Gasteiger partial charge in [-0.1, -0.05) is 19.1 Å². The third kappa shape index (κ3) is 3.01. The lowest BCUT2D eigenvalue weighted by Gasteiger charge is -2.30. The third-order valence-corrected chi connectivity index (χ3v) is 3.89. The average molecular weight is 233 g/mol. The van der Waals surface area contributed by atoms with Crippen molar-refractivity contribution in [3.8, 4) is 5.75 Å². The summed E-state index contributed by atoms with van der Waals surface area (Å²) in [4.78, 5) is 0. The monoisotopic (exact) mass is 233 g/mol. The molecule has 2 heteroatoms. The van der Waals surface area contributed by atoms with E-state index in [9.17, 15) is 0 Å². The van der Waals surface area contributed by atoms with Gasteiger partial charge >= 0.3 is 0 Å². The van der Waals surface area contributed by atoms with Crippen LogP contribution in [0.5, 0.6) is 5.75 Å². The van der Waals surface area contributed by atoms with E-state index in [0.29, 0.717) is 5.41 Å². The molecule has 1 aromatic carbocycles. The number of hydrogen-bond acceptors (Lipinski definition) is 2. The Labute approximate surface area is 104 Å². The Morgan fingerprint density at radius 2 is 2.18 bits per heavy atom. The van der Waals surface area contributed by atoms with Crippen molar-refractivity contribution in [1.29, 1.82) is 0 Å². The standard InChI is InChI=1S/C15H23NO/c1-15(11-16-2,13-7-8-13)10-12-5-4-6-14(9-12)17-3/h4-6,9,13,16H,7-8,10-11H2,1-3H3. The molecule has 1 unspecified atom stereocenters. The van der Waals surface area contributed by atoms with Gasteiger partial charge in [0, 0.05) is 6.54 Å². The lowest BCUT2D eigenvalue weighted by Crippen LogP contribution is -2.33. The predicted molar refractivity (Wildman–Crippen MR) is 71.5 cm³/mol. The van der Waals surface area contributed by atoms with Crippen LogP contribution in [0.25, 0.3) is 0 Å². The van der Waals surface area contributed by atoms with Crippen LogP contribution in [0.15, 0.2) is 24.3 Å². The number of benzene rings is 1. The molecule has 1 fully saturated rings. The average Bonchev–Trinajstić information content (AvgIpc) is 3.13. The molecule has 0 amide bonds. The van der Waals surface area contributed by atoms with Gasteiger partial charge in [0.15, 0.2) is 0 Å². The van der Waals surface area contributed by atoms with Crippen LogP contribution in [0, 0.1) is 11.3 Å². The Hall–Kier alpha value is -1.02. The second-order valence-electron chi connectivity index (χ2n) is 5.49. The van der Waals surface area contributed by atoms with Gasteiger partial charge in [0.05, 0.1) is 7.11 Å². The van der Waals surface area contributed by atoms with Gasteiger partial charge in [0.2, 0.25) is 0 Å². The van der Waals surface area contributed by atoms with Gasteiger partial charge in [-0.3, -0.25) is 0 Å². The van der Waals surface area contributed by atoms with E-state index in [4.69, 9.17) is 4.74 Å². The largest absolute Gasteiger partial charge is 0.497 e. The highest BCUT2D eigenvalue weighted by molar-refractivity contribution is 5.29. The highest BCUT2D eigenvalue weighted by Crippen LogP contribution is 2.47. The second kappa shape index (κ2) is 5.09. The van der Waals surface area contributed by atoms with Crippen LogP contribution in [-0.2, 0) is 6.42 Å². The summed E-state index contributed by atoms with van der Waals surface area (Å²) in [6, 6.07) is 8.46. The molecular formula is C15H23NO. The first-order valence-corrected chi connectivity index (χ1v) is 6.45. The van der Waals surface area contributed by atoms with E-state index in [1.54, 1.807) is 7.11 Å². The molecule has 1 N–H and O–H groups in total. The molecule has 0 bridgehead atoms. The van der Waals surface area contributed by atoms with Crippen LogP contribution < -0.4 is 10.1 Å². The molecule has 17 heavy (non-hydrogen) atoms. The normalized spacial score (nSPS) is 18.8. The first kappa shape index (κ1) is 12.4. The Balaban J connectivity index is 2.11. The molecule has 0 aromatic heterocycles. The van der Waals surface area contributed by atoms with Gasteiger partial charge in [-0.25, -0.2) is 0 Å². The molecule has 0 radical (unpaired) electrons. The summed E-state index contributed by atoms with van der Waals surface area (Å²) >= 11 is 0. The molecule has 1 saturated carbocycles. The predicted octanol–water partition coefficient (Wildman–Crippen LogP) is 2.87. The Kier molecular flexibility index (Phi) is 3.72. The molecule has 2 rings (SSSR count). The van der Waals surface area contributed by atoms with Crippen LogP contribution in [0.4, 0.5) is 0 Å². The van der Waals surface area contributed by atoms with E-state index < -0.39 is 0 Å². The van der Waals surface area contributed by atoms with Gasteiger partial charge in [0.1, 0.15) is 5.75 Å². The fourth-order valence-corrected chi connectivity index (χ4v) is 2.78. The van der Waals surface area contributed by atoms with Crippen molar-refractivity contribution in [2.75, 3.05) is 20.7 Å². The summed E-state index contributed by atoms with van der Waals surface area (Å²) in [6.07, 6.45) is 3.92. The first-order chi connectivity index (χ1) is 8.18. The molecule has 94 valence electrons. The summed E-state index contributed by atoms with van der Waals surface area (Å²) in [6.45, 7) is 3.50. The zero-order chi connectivity index (χ0) is 12.3. The Morgan fingerprint density at radius 1 is 1.41 bits per heavy atom. The van der Waals surface area contributed by atoms with Crippen molar-refractivity contribution in [3.05, 3.63) is 29.8 Å². The number of methoxy groups -OCH3 is 1. The summed E-state index contributed by atoms with van der Waals surface area (Å²) in [5.41, 5.74) is 1.77. The molecule has 1 aromatic rings. The minimum atomic E-state index is 0.390. The van der Waals surface area contributed by atoms with Crippen molar-refractivity contribution in [1.82, 2.24) is 5.32 Å². The lowest BCUT2D eigenvalue weighted by molar-refractivity contribution is 0.262. The van der Waals surface area contributed by atoms with Crippen LogP contribution in [0.2, 0.25) is 0 Å². The van der Waals surface area contributed by atoms with Crippen molar-refractivity contribution in [2.45, 2.75) is 26.2 Å². The fourth-order valence-electron chi connectivity index (χ4n) is 2.78. The van der Waals surface area contributed by atoms with Gasteiger partial charge < -0.3 is 10.1 Å². The van der Waals surface area contributed by atoms with Crippen molar-refractivity contribution in [3.63, 3.8) is 0 Å². The van der Waals surface area contributed by atoms with E-state index in [1.165, 1.54) is 18.4 Å². The van der Waals surface area contributed by atoms with Crippen LogP contribution in [-0.4, -0.2) is 20.7 Å². The van der Waals surface area contributed by atoms with Crippen LogP contribution in [0.1, 0.15) is 25.3 Å². The lowest BCUT2D eigenvalue weighted by atomic mass is 9.79. The molecule has 1 aliphatic carbocycles. The maximum Gasteiger partial charge on any atom is 0.119 e. The quantitative estimate of drug-likeness (QED) is 0.815. The maximum absolute atomic E-state index is 5.29. The molecule has 0 heterocycles. The highest BCUT2D eigenvalue weighted by Gasteiger charge is 2.40. The highest BCUT2D eigenvalue weighted by atomic mass is 16.5. The van der Waals surface area contributed by atoms with E-state index in [2.05, 4.69) is 30.4 Å². The van der Waals surface area contributed by atoms with E-state index in [1.807, 2.05) is 13.1 Å². The van der Waals surface area contributed by atoms with Gasteiger partial charge in [-0.05, 0) is 55.3 Å². The number of ether oxygens (including phenoxy) is 1. The third-order valence-electron chi connectivity index (χ3n) is 3.89. The van der Waals surface area contributed by atoms with Crippen LogP contribution in [0.3, 0.4) is 0 Å². The van der Waals surface area contributed by atoms with Gasteiger partial charge in [0.25, 0.3) is 0 Å². The topological polar surface area (TPSA) is 21.3 Å². The number of rotatable bonds is 6. The fraction of sp³-hybridized carbons (Fsp3) is 0.600. The smallest absolute Gasteiger partial charge is 0.119 e. The summed E-state index contributed by atoms with van der Waals surface area (Å²) in [7, 11) is 3.78. The molecule has 2 nitrogen and oxygen atoms in total. The maximum atomic E-state index is 5.29. The van der Waals surface area contributed by atoms with Gasteiger partial charge in [-0.2, -0.15) is 0 Å². The summed E-state index contributed by atoms with van der Waals surface area (Å²) in [5, 5.41) is 3.35. The Bertz CT molecular complexity index is 373. The zero-order valence-corrected chi connectivity index (χ0v) is 11.1. The second-order valence-corrected chi connectivity index (χ2v) is 5.49. The van der Waals surface area contributed by atoms with E-state index >= 15 is 0 Å².